The van der Waals surface area contributed by atoms with Gasteiger partial charge in [-0.2, -0.15) is 12.6 Å². The van der Waals surface area contributed by atoms with Crippen molar-refractivity contribution in [1.29, 1.82) is 0 Å². The van der Waals surface area contributed by atoms with Gasteiger partial charge in [0.1, 0.15) is 18.1 Å². The molecule has 0 bridgehead atoms. The molecule has 0 aliphatic carbocycles. The predicted molar refractivity (Wildman–Crippen MR) is 122 cm³/mol. The van der Waals surface area contributed by atoms with E-state index >= 15 is 0 Å². The van der Waals surface area contributed by atoms with E-state index in [-0.39, 0.29) is 12.2 Å². The summed E-state index contributed by atoms with van der Waals surface area (Å²) in [6.07, 6.45) is -0.582. The number of rotatable bonds is 13. The number of hydrogen-bond acceptors (Lipinski definition) is 7. The lowest BCUT2D eigenvalue weighted by Crippen LogP contribution is -2.58. The van der Waals surface area contributed by atoms with Crippen molar-refractivity contribution >= 4 is 42.3 Å². The minimum absolute atomic E-state index is 0.168. The van der Waals surface area contributed by atoms with Gasteiger partial charge < -0.3 is 31.9 Å². The molecule has 12 heteroatoms. The molecule has 4 unspecified atom stereocenters. The Balaban J connectivity index is 2.85. The SMILES string of the molecule is CC(C)C(NC(=O)C(CS)NC(=O)C(CC(=O)O)NC(=O)C(N)Cc1ccccc1)C(=O)O. The van der Waals surface area contributed by atoms with Crippen molar-refractivity contribution in [2.45, 2.75) is 50.9 Å². The molecule has 0 spiro atoms. The Kier molecular flexibility index (Phi) is 11.4. The third kappa shape index (κ3) is 9.49. The van der Waals surface area contributed by atoms with E-state index in [0.717, 1.165) is 5.56 Å². The lowest BCUT2D eigenvalue weighted by atomic mass is 10.0. The number of carbonyl (C=O) groups is 5. The number of nitrogens with two attached hydrogens (primary N) is 1. The summed E-state index contributed by atoms with van der Waals surface area (Å²) in [5, 5.41) is 25.3. The number of carboxylic acid groups (broad SMARTS) is 2. The number of carbonyl (C=O) groups excluding carboxylic acids is 3. The second-order valence-corrected chi connectivity index (χ2v) is 8.13. The third-order valence-corrected chi connectivity index (χ3v) is 5.06. The molecule has 11 nitrogen and oxygen atoms in total. The average molecular weight is 483 g/mol. The van der Waals surface area contributed by atoms with Gasteiger partial charge in [-0.3, -0.25) is 19.2 Å². The molecule has 0 aliphatic rings. The van der Waals surface area contributed by atoms with Crippen LogP contribution in [0.5, 0.6) is 0 Å². The first-order valence-electron chi connectivity index (χ1n) is 10.2. The van der Waals surface area contributed by atoms with Crippen LogP contribution in [-0.4, -0.2) is 69.8 Å². The van der Waals surface area contributed by atoms with Crippen molar-refractivity contribution in [1.82, 2.24) is 16.0 Å². The molecule has 0 radical (unpaired) electrons. The van der Waals surface area contributed by atoms with Crippen molar-refractivity contribution in [3.8, 4) is 0 Å². The smallest absolute Gasteiger partial charge is 0.326 e. The first-order chi connectivity index (χ1) is 15.5. The van der Waals surface area contributed by atoms with Crippen LogP contribution in [-0.2, 0) is 30.4 Å². The van der Waals surface area contributed by atoms with Gasteiger partial charge in [-0.25, -0.2) is 4.79 Å². The molecule has 182 valence electrons. The highest BCUT2D eigenvalue weighted by atomic mass is 32.1. The van der Waals surface area contributed by atoms with Crippen molar-refractivity contribution in [2.75, 3.05) is 5.75 Å². The predicted octanol–water partition coefficient (Wildman–Crippen LogP) is -0.844. The molecule has 0 aliphatic heterocycles. The quantitative estimate of drug-likeness (QED) is 0.177. The van der Waals surface area contributed by atoms with Crippen LogP contribution >= 0.6 is 12.6 Å². The Morgan fingerprint density at radius 1 is 0.909 bits per heavy atom. The molecule has 1 aromatic carbocycles. The van der Waals surface area contributed by atoms with Crippen LogP contribution in [0.1, 0.15) is 25.8 Å². The van der Waals surface area contributed by atoms with E-state index < -0.39 is 66.2 Å². The highest BCUT2D eigenvalue weighted by Crippen LogP contribution is 2.05. The summed E-state index contributed by atoms with van der Waals surface area (Å²) in [4.78, 5) is 60.1. The maximum atomic E-state index is 12.7. The molecule has 0 saturated heterocycles. The molecular weight excluding hydrogens is 452 g/mol. The standard InChI is InChI=1S/C21H30N4O7S/c1-11(2)17(21(31)32)25-20(30)15(10-33)24-19(29)14(9-16(26)27)23-18(28)13(22)8-12-6-4-3-5-7-12/h3-7,11,13-15,17,33H,8-10,22H2,1-2H3,(H,23,28)(H,24,29)(H,25,30)(H,26,27)(H,31,32). The molecule has 1 rings (SSSR count). The van der Waals surface area contributed by atoms with Gasteiger partial charge >= 0.3 is 11.9 Å². The van der Waals surface area contributed by atoms with E-state index in [9.17, 15) is 29.1 Å². The van der Waals surface area contributed by atoms with Gasteiger partial charge in [0.2, 0.25) is 17.7 Å². The summed E-state index contributed by atoms with van der Waals surface area (Å²) in [5.74, 6) is -5.70. The molecule has 4 atom stereocenters. The first-order valence-corrected chi connectivity index (χ1v) is 10.9. The van der Waals surface area contributed by atoms with Crippen LogP contribution < -0.4 is 21.7 Å². The topological polar surface area (TPSA) is 188 Å². The zero-order valence-corrected chi connectivity index (χ0v) is 19.2. The molecular formula is C21H30N4O7S. The van der Waals surface area contributed by atoms with Gasteiger partial charge in [-0.15, -0.1) is 0 Å². The van der Waals surface area contributed by atoms with Crippen LogP contribution in [0, 0.1) is 5.92 Å². The van der Waals surface area contributed by atoms with Gasteiger partial charge in [0, 0.05) is 5.75 Å². The van der Waals surface area contributed by atoms with Gasteiger partial charge in [0.15, 0.2) is 0 Å². The molecule has 0 aromatic heterocycles. The van der Waals surface area contributed by atoms with E-state index in [1.165, 1.54) is 0 Å². The summed E-state index contributed by atoms with van der Waals surface area (Å²) in [7, 11) is 0. The zero-order chi connectivity index (χ0) is 25.1. The summed E-state index contributed by atoms with van der Waals surface area (Å²) < 4.78 is 0. The summed E-state index contributed by atoms with van der Waals surface area (Å²) in [5.41, 5.74) is 6.67. The fourth-order valence-electron chi connectivity index (χ4n) is 2.86. The Bertz CT molecular complexity index is 850. The van der Waals surface area contributed by atoms with Gasteiger partial charge in [-0.1, -0.05) is 44.2 Å². The van der Waals surface area contributed by atoms with E-state index in [1.54, 1.807) is 44.2 Å². The number of aliphatic carboxylic acids is 2. The lowest BCUT2D eigenvalue weighted by molar-refractivity contribution is -0.144. The highest BCUT2D eigenvalue weighted by Gasteiger charge is 2.31. The maximum absolute atomic E-state index is 12.7. The largest absolute Gasteiger partial charge is 0.481 e. The van der Waals surface area contributed by atoms with E-state index in [1.807, 2.05) is 0 Å². The van der Waals surface area contributed by atoms with Gasteiger partial charge in [0.25, 0.3) is 0 Å². The summed E-state index contributed by atoms with van der Waals surface area (Å²) in [6, 6.07) is 3.90. The fourth-order valence-corrected chi connectivity index (χ4v) is 3.11. The Labute approximate surface area is 196 Å². The van der Waals surface area contributed by atoms with Crippen molar-refractivity contribution < 1.29 is 34.2 Å². The number of thiol groups is 1. The fraction of sp³-hybridized carbons (Fsp3) is 0.476. The van der Waals surface area contributed by atoms with Crippen molar-refractivity contribution in [3.63, 3.8) is 0 Å². The molecule has 0 saturated carbocycles. The second-order valence-electron chi connectivity index (χ2n) is 7.77. The Morgan fingerprint density at radius 2 is 1.45 bits per heavy atom. The number of amides is 3. The van der Waals surface area contributed by atoms with E-state index in [0.29, 0.717) is 0 Å². The van der Waals surface area contributed by atoms with E-state index in [4.69, 9.17) is 10.8 Å². The van der Waals surface area contributed by atoms with Crippen molar-refractivity contribution in [3.05, 3.63) is 35.9 Å². The third-order valence-electron chi connectivity index (χ3n) is 4.69. The minimum Gasteiger partial charge on any atom is -0.481 e. The van der Waals surface area contributed by atoms with Crippen molar-refractivity contribution in [2.24, 2.45) is 11.7 Å². The highest BCUT2D eigenvalue weighted by molar-refractivity contribution is 7.80. The molecule has 3 amide bonds. The monoisotopic (exact) mass is 482 g/mol. The van der Waals surface area contributed by atoms with Crippen LogP contribution in [0.15, 0.2) is 30.3 Å². The Hall–Kier alpha value is -3.12. The molecule has 1 aromatic rings. The number of hydrogen-bond donors (Lipinski definition) is 7. The lowest BCUT2D eigenvalue weighted by Gasteiger charge is -2.24. The number of nitrogens with one attached hydrogen (secondary N) is 3. The molecule has 33 heavy (non-hydrogen) atoms. The van der Waals surface area contributed by atoms with Crippen LogP contribution in [0.3, 0.4) is 0 Å². The van der Waals surface area contributed by atoms with Gasteiger partial charge in [0.05, 0.1) is 12.5 Å². The Morgan fingerprint density at radius 3 is 1.94 bits per heavy atom. The van der Waals surface area contributed by atoms with Crippen LogP contribution in [0.25, 0.3) is 0 Å². The van der Waals surface area contributed by atoms with Crippen LogP contribution in [0.2, 0.25) is 0 Å². The molecule has 7 N–H and O–H groups in total. The number of carboxylic acids is 2. The van der Waals surface area contributed by atoms with Gasteiger partial charge in [-0.05, 0) is 17.9 Å². The minimum atomic E-state index is -1.51. The summed E-state index contributed by atoms with van der Waals surface area (Å²) >= 11 is 4.01. The molecule has 0 fully saturated rings. The average Bonchev–Trinajstić information content (AvgIpc) is 2.74. The first kappa shape index (κ1) is 27.9. The number of benzene rings is 1. The molecule has 0 heterocycles. The van der Waals surface area contributed by atoms with E-state index in [2.05, 4.69) is 28.6 Å². The zero-order valence-electron chi connectivity index (χ0n) is 18.4. The van der Waals surface area contributed by atoms with Crippen LogP contribution in [0.4, 0.5) is 0 Å². The second kappa shape index (κ2) is 13.4. The maximum Gasteiger partial charge on any atom is 0.326 e. The normalized spacial score (nSPS) is 14.5. The summed E-state index contributed by atoms with van der Waals surface area (Å²) in [6.45, 7) is 3.20.